The van der Waals surface area contributed by atoms with Gasteiger partial charge in [0.15, 0.2) is 17.2 Å². The average Bonchev–Trinajstić information content (AvgIpc) is 3.30. The Labute approximate surface area is 198 Å². The van der Waals surface area contributed by atoms with Gasteiger partial charge in [-0.15, -0.1) is 0 Å². The summed E-state index contributed by atoms with van der Waals surface area (Å²) >= 11 is 0. The minimum Gasteiger partial charge on any atom is -0.488 e. The molecule has 1 aromatic carbocycles. The van der Waals surface area contributed by atoms with Crippen LogP contribution in [0.5, 0.6) is 17.4 Å². The van der Waals surface area contributed by atoms with Crippen LogP contribution in [0.1, 0.15) is 16.1 Å². The van der Waals surface area contributed by atoms with Gasteiger partial charge in [-0.1, -0.05) is 12.1 Å². The lowest BCUT2D eigenvalue weighted by molar-refractivity contribution is -0.142. The lowest BCUT2D eigenvalue weighted by atomic mass is 10.2. The molecule has 3 heterocycles. The molecule has 9 nitrogen and oxygen atoms in total. The van der Waals surface area contributed by atoms with Crippen molar-refractivity contribution in [1.29, 1.82) is 0 Å². The van der Waals surface area contributed by atoms with Crippen molar-refractivity contribution >= 4 is 11.8 Å². The molecular weight excluding hydrogens is 467 g/mol. The van der Waals surface area contributed by atoms with E-state index in [0.29, 0.717) is 11.5 Å². The third kappa shape index (κ3) is 5.70. The Hall–Kier alpha value is -4.09. The highest BCUT2D eigenvalue weighted by Crippen LogP contribution is 2.32. The number of halogens is 3. The smallest absolute Gasteiger partial charge is 0.435 e. The lowest BCUT2D eigenvalue weighted by Crippen LogP contribution is -2.42. The Kier molecular flexibility index (Phi) is 6.90. The van der Waals surface area contributed by atoms with Gasteiger partial charge in [-0.2, -0.15) is 18.3 Å². The van der Waals surface area contributed by atoms with Crippen LogP contribution in [0.4, 0.5) is 13.2 Å². The van der Waals surface area contributed by atoms with Gasteiger partial charge in [0.05, 0.1) is 6.54 Å². The molecule has 2 amide bonds. The fourth-order valence-corrected chi connectivity index (χ4v) is 3.44. The van der Waals surface area contributed by atoms with E-state index in [1.807, 2.05) is 0 Å². The van der Waals surface area contributed by atoms with E-state index in [2.05, 4.69) is 10.1 Å². The Bertz CT molecular complexity index is 1210. The minimum absolute atomic E-state index is 0.0890. The summed E-state index contributed by atoms with van der Waals surface area (Å²) in [6.07, 6.45) is -1.99. The molecule has 35 heavy (non-hydrogen) atoms. The fourth-order valence-electron chi connectivity index (χ4n) is 3.44. The molecule has 0 saturated heterocycles. The number of aromatic nitrogens is 3. The second-order valence-electron chi connectivity index (χ2n) is 7.76. The Balaban J connectivity index is 1.57. The minimum atomic E-state index is -4.60. The second-order valence-corrected chi connectivity index (χ2v) is 7.76. The molecule has 0 aliphatic carbocycles. The monoisotopic (exact) mass is 489 g/mol. The first kappa shape index (κ1) is 24.0. The normalized spacial score (nSPS) is 15.0. The number of hydrogen-bond acceptors (Lipinski definition) is 6. The molecule has 1 aliphatic heterocycles. The second kappa shape index (κ2) is 10.0. The number of ether oxygens (including phenoxy) is 2. The number of amides is 2. The maximum atomic E-state index is 13.1. The van der Waals surface area contributed by atoms with E-state index in [1.54, 1.807) is 43.4 Å². The molecule has 0 bridgehead atoms. The van der Waals surface area contributed by atoms with Crippen molar-refractivity contribution in [1.82, 2.24) is 24.6 Å². The number of carbonyl (C=O) groups excluding carboxylic acids is 2. The summed E-state index contributed by atoms with van der Waals surface area (Å²) in [7, 11) is 1.58. The quantitative estimate of drug-likeness (QED) is 0.550. The van der Waals surface area contributed by atoms with Gasteiger partial charge in [-0.3, -0.25) is 14.3 Å². The molecule has 0 saturated carbocycles. The van der Waals surface area contributed by atoms with Crippen LogP contribution in [-0.2, 0) is 17.5 Å². The van der Waals surface area contributed by atoms with E-state index in [9.17, 15) is 22.8 Å². The number of rotatable bonds is 2. The summed E-state index contributed by atoms with van der Waals surface area (Å²) < 4.78 is 51.2. The van der Waals surface area contributed by atoms with Crippen molar-refractivity contribution in [2.45, 2.75) is 12.7 Å². The molecule has 2 aromatic heterocycles. The maximum Gasteiger partial charge on any atom is 0.435 e. The standard InChI is InChI=1S/C23H22F3N5O4/c1-29-11-12-30(20(32)15-31-10-8-19(28-31)23(24,25)26)13-14-34-17-6-2-3-7-18(17)35-21-16(22(29)33)5-4-9-27-21/h2-10H,11-15H2,1H3. The number of nitrogens with zero attached hydrogens (tertiary/aromatic N) is 5. The Morgan fingerprint density at radius 2 is 1.83 bits per heavy atom. The zero-order valence-electron chi connectivity index (χ0n) is 18.7. The zero-order chi connectivity index (χ0) is 25.0. The number of likely N-dealkylation sites (N-methyl/N-ethyl adjacent to an activating group) is 1. The van der Waals surface area contributed by atoms with E-state index < -0.39 is 17.8 Å². The van der Waals surface area contributed by atoms with Crippen LogP contribution in [0, 0.1) is 0 Å². The lowest BCUT2D eigenvalue weighted by Gasteiger charge is -2.26. The zero-order valence-corrected chi connectivity index (χ0v) is 18.7. The number of para-hydroxylation sites is 2. The van der Waals surface area contributed by atoms with Crippen molar-refractivity contribution in [2.24, 2.45) is 0 Å². The highest BCUT2D eigenvalue weighted by molar-refractivity contribution is 5.96. The molecule has 0 fully saturated rings. The predicted octanol–water partition coefficient (Wildman–Crippen LogP) is 3.08. The number of alkyl halides is 3. The van der Waals surface area contributed by atoms with Gasteiger partial charge >= 0.3 is 6.18 Å². The largest absolute Gasteiger partial charge is 0.488 e. The number of carbonyl (C=O) groups is 2. The molecule has 0 radical (unpaired) electrons. The average molecular weight is 489 g/mol. The van der Waals surface area contributed by atoms with Crippen LogP contribution in [0.2, 0.25) is 0 Å². The maximum absolute atomic E-state index is 13.1. The van der Waals surface area contributed by atoms with E-state index in [0.717, 1.165) is 16.9 Å². The number of benzene rings is 1. The molecule has 1 aliphatic rings. The summed E-state index contributed by atoms with van der Waals surface area (Å²) in [4.78, 5) is 33.0. The van der Waals surface area contributed by atoms with Gasteiger partial charge in [0.2, 0.25) is 11.8 Å². The van der Waals surface area contributed by atoms with Crippen molar-refractivity contribution in [3.05, 3.63) is 66.1 Å². The van der Waals surface area contributed by atoms with Crippen molar-refractivity contribution in [3.63, 3.8) is 0 Å². The van der Waals surface area contributed by atoms with Crippen LogP contribution < -0.4 is 9.47 Å². The topological polar surface area (TPSA) is 89.8 Å². The van der Waals surface area contributed by atoms with E-state index >= 15 is 0 Å². The predicted molar refractivity (Wildman–Crippen MR) is 117 cm³/mol. The molecule has 12 heteroatoms. The Morgan fingerprint density at radius 3 is 2.57 bits per heavy atom. The number of hydrogen-bond donors (Lipinski definition) is 0. The first-order valence-electron chi connectivity index (χ1n) is 10.7. The third-order valence-electron chi connectivity index (χ3n) is 5.31. The SMILES string of the molecule is CN1CCN(C(=O)Cn2ccc(C(F)(F)F)n2)CCOc2ccccc2Oc2ncccc2C1=O. The van der Waals surface area contributed by atoms with Crippen molar-refractivity contribution in [2.75, 3.05) is 33.3 Å². The molecule has 0 unspecified atom stereocenters. The van der Waals surface area contributed by atoms with Crippen LogP contribution in [0.25, 0.3) is 0 Å². The van der Waals surface area contributed by atoms with Gasteiger partial charge < -0.3 is 19.3 Å². The van der Waals surface area contributed by atoms with Crippen LogP contribution in [0.15, 0.2) is 54.9 Å². The van der Waals surface area contributed by atoms with Gasteiger partial charge in [-0.05, 0) is 30.3 Å². The van der Waals surface area contributed by atoms with Crippen LogP contribution in [0.3, 0.4) is 0 Å². The summed E-state index contributed by atoms with van der Waals surface area (Å²) in [5, 5.41) is 3.44. The molecular formula is C23H22F3N5O4. The van der Waals surface area contributed by atoms with Gasteiger partial charge in [0.1, 0.15) is 18.7 Å². The number of fused-ring (bicyclic) bond motifs is 2. The summed E-state index contributed by atoms with van der Waals surface area (Å²) in [5.74, 6) is 0.0224. The molecule has 184 valence electrons. The molecule has 4 rings (SSSR count). The van der Waals surface area contributed by atoms with Gasteiger partial charge in [-0.25, -0.2) is 4.98 Å². The van der Waals surface area contributed by atoms with Crippen LogP contribution >= 0.6 is 0 Å². The van der Waals surface area contributed by atoms with E-state index in [4.69, 9.17) is 9.47 Å². The Morgan fingerprint density at radius 1 is 1.06 bits per heavy atom. The third-order valence-corrected chi connectivity index (χ3v) is 5.31. The van der Waals surface area contributed by atoms with E-state index in [-0.39, 0.29) is 50.1 Å². The summed E-state index contributed by atoms with van der Waals surface area (Å²) in [5.41, 5.74) is -0.842. The summed E-state index contributed by atoms with van der Waals surface area (Å²) in [6.45, 7) is 0.133. The van der Waals surface area contributed by atoms with Gasteiger partial charge in [0, 0.05) is 32.5 Å². The highest BCUT2D eigenvalue weighted by atomic mass is 19.4. The van der Waals surface area contributed by atoms with Crippen molar-refractivity contribution < 1.29 is 32.2 Å². The highest BCUT2D eigenvalue weighted by Gasteiger charge is 2.33. The molecule has 0 atom stereocenters. The first-order chi connectivity index (χ1) is 16.7. The van der Waals surface area contributed by atoms with Crippen LogP contribution in [-0.4, -0.2) is 69.7 Å². The first-order valence-corrected chi connectivity index (χ1v) is 10.7. The van der Waals surface area contributed by atoms with Gasteiger partial charge in [0.25, 0.3) is 5.91 Å². The summed E-state index contributed by atoms with van der Waals surface area (Å²) in [6, 6.07) is 10.8. The molecule has 0 spiro atoms. The number of pyridine rings is 1. The van der Waals surface area contributed by atoms with Crippen molar-refractivity contribution in [3.8, 4) is 17.4 Å². The molecule has 3 aromatic rings. The fraction of sp³-hybridized carbons (Fsp3) is 0.304. The van der Waals surface area contributed by atoms with E-state index in [1.165, 1.54) is 16.0 Å². The molecule has 0 N–H and O–H groups in total.